The van der Waals surface area contributed by atoms with Crippen LogP contribution in [0.4, 0.5) is 11.4 Å². The van der Waals surface area contributed by atoms with E-state index < -0.39 is 0 Å². The third kappa shape index (κ3) is 4.26. The zero-order valence-corrected chi connectivity index (χ0v) is 13.7. The molecule has 0 spiro atoms. The van der Waals surface area contributed by atoms with Crippen LogP contribution in [0, 0.1) is 0 Å². The Morgan fingerprint density at radius 2 is 1.29 bits per heavy atom. The quantitative estimate of drug-likeness (QED) is 0.620. The minimum absolute atomic E-state index is 0.805. The molecule has 0 heterocycles. The second kappa shape index (κ2) is 7.51. The van der Waals surface area contributed by atoms with Gasteiger partial charge in [0.2, 0.25) is 0 Å². The molecule has 0 aromatic heterocycles. The molecule has 3 N–H and O–H groups in total. The maximum Gasteiger partial charge on any atom is 0.0400 e. The zero-order valence-electron chi connectivity index (χ0n) is 13.7. The highest BCUT2D eigenvalue weighted by Crippen LogP contribution is 2.16. The Labute approximate surface area is 143 Å². The number of rotatable bonds is 6. The molecule has 0 atom stereocenters. The van der Waals surface area contributed by atoms with E-state index in [0.29, 0.717) is 0 Å². The first-order valence-electron chi connectivity index (χ1n) is 8.11. The van der Waals surface area contributed by atoms with Crippen molar-refractivity contribution < 1.29 is 0 Å². The number of hydrogen-bond donors (Lipinski definition) is 2. The second-order valence-corrected chi connectivity index (χ2v) is 5.91. The Morgan fingerprint density at radius 1 is 0.750 bits per heavy atom. The molecule has 0 bridgehead atoms. The van der Waals surface area contributed by atoms with Crippen molar-refractivity contribution in [1.82, 2.24) is 0 Å². The number of nitrogens with two attached hydrogens (primary N) is 1. The van der Waals surface area contributed by atoms with Gasteiger partial charge in [0.1, 0.15) is 0 Å². The van der Waals surface area contributed by atoms with Gasteiger partial charge in [-0.3, -0.25) is 0 Å². The fraction of sp³-hybridized carbons (Fsp3) is 0.0909. The van der Waals surface area contributed by atoms with Gasteiger partial charge in [-0.05, 0) is 52.9 Å². The van der Waals surface area contributed by atoms with Crippen LogP contribution >= 0.6 is 0 Å². The normalized spacial score (nSPS) is 10.3. The van der Waals surface area contributed by atoms with E-state index in [2.05, 4.69) is 72.6 Å². The van der Waals surface area contributed by atoms with Crippen LogP contribution in [-0.2, 0) is 13.0 Å². The summed E-state index contributed by atoms with van der Waals surface area (Å²) in [5.74, 6) is 0. The Bertz CT molecular complexity index is 785. The maximum atomic E-state index is 5.72. The molecule has 0 aliphatic carbocycles. The van der Waals surface area contributed by atoms with Gasteiger partial charge in [-0.25, -0.2) is 0 Å². The van der Waals surface area contributed by atoms with Crippen LogP contribution in [0.3, 0.4) is 0 Å². The molecule has 0 aliphatic rings. The molecule has 0 saturated carbocycles. The molecule has 3 aromatic rings. The summed E-state index contributed by atoms with van der Waals surface area (Å²) in [4.78, 5) is 0. The van der Waals surface area contributed by atoms with E-state index in [4.69, 9.17) is 5.73 Å². The van der Waals surface area contributed by atoms with Crippen LogP contribution in [-0.4, -0.2) is 0 Å². The highest BCUT2D eigenvalue weighted by Gasteiger charge is 1.98. The molecule has 3 rings (SSSR count). The van der Waals surface area contributed by atoms with Crippen molar-refractivity contribution in [1.29, 1.82) is 0 Å². The van der Waals surface area contributed by atoms with E-state index in [1.54, 1.807) is 0 Å². The Kier molecular flexibility index (Phi) is 4.97. The monoisotopic (exact) mass is 314 g/mol. The Morgan fingerprint density at radius 3 is 1.88 bits per heavy atom. The molecule has 24 heavy (non-hydrogen) atoms. The minimum atomic E-state index is 0.805. The van der Waals surface area contributed by atoms with Gasteiger partial charge >= 0.3 is 0 Å². The van der Waals surface area contributed by atoms with E-state index in [9.17, 15) is 0 Å². The zero-order chi connectivity index (χ0) is 16.8. The SMILES string of the molecule is C=Cc1ccc(CNc2ccc(Cc3ccc(N)cc3)cc2)cc1. The average Bonchev–Trinajstić information content (AvgIpc) is 2.63. The van der Waals surface area contributed by atoms with Gasteiger partial charge in [0, 0.05) is 17.9 Å². The van der Waals surface area contributed by atoms with Crippen molar-refractivity contribution in [2.45, 2.75) is 13.0 Å². The molecule has 2 nitrogen and oxygen atoms in total. The van der Waals surface area contributed by atoms with E-state index >= 15 is 0 Å². The predicted molar refractivity (Wildman–Crippen MR) is 104 cm³/mol. The van der Waals surface area contributed by atoms with Gasteiger partial charge in [0.25, 0.3) is 0 Å². The lowest BCUT2D eigenvalue weighted by Crippen LogP contribution is -1.99. The summed E-state index contributed by atoms with van der Waals surface area (Å²) < 4.78 is 0. The van der Waals surface area contributed by atoms with Crippen LogP contribution in [0.25, 0.3) is 6.08 Å². The largest absolute Gasteiger partial charge is 0.399 e. The molecule has 120 valence electrons. The third-order valence-corrected chi connectivity index (χ3v) is 4.05. The summed E-state index contributed by atoms with van der Waals surface area (Å²) in [7, 11) is 0. The van der Waals surface area contributed by atoms with Crippen molar-refractivity contribution in [3.63, 3.8) is 0 Å². The molecule has 0 saturated heterocycles. The van der Waals surface area contributed by atoms with Crippen LogP contribution < -0.4 is 11.1 Å². The Hall–Kier alpha value is -3.00. The van der Waals surface area contributed by atoms with Gasteiger partial charge in [-0.15, -0.1) is 0 Å². The maximum absolute atomic E-state index is 5.72. The minimum Gasteiger partial charge on any atom is -0.399 e. The van der Waals surface area contributed by atoms with Gasteiger partial charge < -0.3 is 11.1 Å². The molecule has 0 unspecified atom stereocenters. The first kappa shape index (κ1) is 15.9. The predicted octanol–water partition coefficient (Wildman–Crippen LogP) is 5.11. The molecular weight excluding hydrogens is 292 g/mol. The fourth-order valence-corrected chi connectivity index (χ4v) is 2.59. The van der Waals surface area contributed by atoms with Gasteiger partial charge in [0.05, 0.1) is 0 Å². The van der Waals surface area contributed by atoms with E-state index in [-0.39, 0.29) is 0 Å². The number of anilines is 2. The van der Waals surface area contributed by atoms with Crippen molar-refractivity contribution >= 4 is 17.5 Å². The molecule has 0 fully saturated rings. The summed E-state index contributed by atoms with van der Waals surface area (Å²) >= 11 is 0. The molecular formula is C22H22N2. The van der Waals surface area contributed by atoms with Crippen molar-refractivity contribution in [3.8, 4) is 0 Å². The summed E-state index contributed by atoms with van der Waals surface area (Å²) in [5.41, 5.74) is 12.6. The molecule has 0 aliphatic heterocycles. The van der Waals surface area contributed by atoms with E-state index in [0.717, 1.165) is 29.9 Å². The fourth-order valence-electron chi connectivity index (χ4n) is 2.59. The van der Waals surface area contributed by atoms with Crippen LogP contribution in [0.1, 0.15) is 22.3 Å². The average molecular weight is 314 g/mol. The van der Waals surface area contributed by atoms with Crippen molar-refractivity contribution in [2.75, 3.05) is 11.1 Å². The number of nitrogen functional groups attached to an aromatic ring is 1. The van der Waals surface area contributed by atoms with E-state index in [1.165, 1.54) is 16.7 Å². The van der Waals surface area contributed by atoms with Gasteiger partial charge in [-0.1, -0.05) is 61.2 Å². The molecule has 0 amide bonds. The smallest absolute Gasteiger partial charge is 0.0400 e. The van der Waals surface area contributed by atoms with Crippen LogP contribution in [0.15, 0.2) is 79.4 Å². The Balaban J connectivity index is 1.57. The molecule has 3 aromatic carbocycles. The third-order valence-electron chi connectivity index (χ3n) is 4.05. The second-order valence-electron chi connectivity index (χ2n) is 5.91. The lowest BCUT2D eigenvalue weighted by molar-refractivity contribution is 1.14. The standard InChI is InChI=1S/C22H22N2/c1-2-17-3-5-20(6-4-17)16-24-22-13-9-19(10-14-22)15-18-7-11-21(23)12-8-18/h2-14,24H,1,15-16,23H2. The van der Waals surface area contributed by atoms with Crippen molar-refractivity contribution in [3.05, 3.63) is 102 Å². The summed E-state index contributed by atoms with van der Waals surface area (Å²) in [6.45, 7) is 4.59. The molecule has 0 radical (unpaired) electrons. The first-order chi connectivity index (χ1) is 11.7. The number of hydrogen-bond acceptors (Lipinski definition) is 2. The lowest BCUT2D eigenvalue weighted by atomic mass is 10.0. The summed E-state index contributed by atoms with van der Waals surface area (Å²) in [6.07, 6.45) is 2.78. The van der Waals surface area contributed by atoms with Gasteiger partial charge in [-0.2, -0.15) is 0 Å². The first-order valence-corrected chi connectivity index (χ1v) is 8.11. The molecule has 2 heteroatoms. The van der Waals surface area contributed by atoms with E-state index in [1.807, 2.05) is 18.2 Å². The van der Waals surface area contributed by atoms with Gasteiger partial charge in [0.15, 0.2) is 0 Å². The summed E-state index contributed by atoms with van der Waals surface area (Å²) in [5, 5.41) is 3.45. The number of benzene rings is 3. The number of nitrogens with one attached hydrogen (secondary N) is 1. The highest BCUT2D eigenvalue weighted by molar-refractivity contribution is 5.49. The topological polar surface area (TPSA) is 38.0 Å². The summed E-state index contributed by atoms with van der Waals surface area (Å²) in [6, 6.07) is 25.1. The lowest BCUT2D eigenvalue weighted by Gasteiger charge is -2.08. The highest BCUT2D eigenvalue weighted by atomic mass is 14.9. The van der Waals surface area contributed by atoms with Crippen LogP contribution in [0.2, 0.25) is 0 Å². The van der Waals surface area contributed by atoms with Crippen molar-refractivity contribution in [2.24, 2.45) is 0 Å². The van der Waals surface area contributed by atoms with Crippen LogP contribution in [0.5, 0.6) is 0 Å².